The SMILES string of the molecule is CCNC(=NCC1(c2ccccc2)CCCC1)NCCCCOCCOC. The van der Waals surface area contributed by atoms with Crippen LogP contribution in [0, 0.1) is 0 Å². The predicted octanol–water partition coefficient (Wildman–Crippen LogP) is 3.50. The van der Waals surface area contributed by atoms with Gasteiger partial charge in [-0.3, -0.25) is 4.99 Å². The number of unbranched alkanes of at least 4 members (excludes halogenated alkanes) is 1. The van der Waals surface area contributed by atoms with Gasteiger partial charge in [-0.1, -0.05) is 43.2 Å². The van der Waals surface area contributed by atoms with E-state index in [1.165, 1.54) is 31.2 Å². The van der Waals surface area contributed by atoms with Crippen LogP contribution in [0.15, 0.2) is 35.3 Å². The van der Waals surface area contributed by atoms with Crippen LogP contribution in [-0.4, -0.2) is 52.5 Å². The van der Waals surface area contributed by atoms with Crippen molar-refractivity contribution < 1.29 is 9.47 Å². The van der Waals surface area contributed by atoms with Crippen LogP contribution in [0.25, 0.3) is 0 Å². The molecule has 2 N–H and O–H groups in total. The highest BCUT2D eigenvalue weighted by atomic mass is 16.5. The standard InChI is InChI=1S/C22H37N3O2/c1-3-23-21(24-15-9-10-16-27-18-17-26-2)25-19-22(13-7-8-14-22)20-11-5-4-6-12-20/h4-6,11-12H,3,7-10,13-19H2,1-2H3,(H2,23,24,25). The fraction of sp³-hybridized carbons (Fsp3) is 0.682. The molecular formula is C22H37N3O2. The van der Waals surface area contributed by atoms with Gasteiger partial charge in [0.2, 0.25) is 0 Å². The lowest BCUT2D eigenvalue weighted by molar-refractivity contribution is 0.0689. The first kappa shape index (κ1) is 21.7. The van der Waals surface area contributed by atoms with Gasteiger partial charge in [-0.05, 0) is 38.2 Å². The summed E-state index contributed by atoms with van der Waals surface area (Å²) in [6.07, 6.45) is 7.19. The molecule has 1 aromatic rings. The third-order valence-corrected chi connectivity index (χ3v) is 5.27. The molecule has 0 unspecified atom stereocenters. The van der Waals surface area contributed by atoms with Crippen LogP contribution in [0.1, 0.15) is 51.0 Å². The topological polar surface area (TPSA) is 54.9 Å². The first-order chi connectivity index (χ1) is 13.3. The lowest BCUT2D eigenvalue weighted by Gasteiger charge is -2.28. The molecule has 0 radical (unpaired) electrons. The monoisotopic (exact) mass is 375 g/mol. The number of guanidine groups is 1. The van der Waals surface area contributed by atoms with Gasteiger partial charge in [0.25, 0.3) is 0 Å². The molecule has 0 bridgehead atoms. The summed E-state index contributed by atoms with van der Waals surface area (Å²) in [7, 11) is 1.70. The predicted molar refractivity (Wildman–Crippen MR) is 112 cm³/mol. The summed E-state index contributed by atoms with van der Waals surface area (Å²) in [6.45, 7) is 6.89. The van der Waals surface area contributed by atoms with E-state index in [2.05, 4.69) is 47.9 Å². The molecule has 2 rings (SSSR count). The highest BCUT2D eigenvalue weighted by Gasteiger charge is 2.35. The maximum absolute atomic E-state index is 5.51. The Bertz CT molecular complexity index is 528. The molecule has 1 aliphatic rings. The largest absolute Gasteiger partial charge is 0.382 e. The average molecular weight is 376 g/mol. The number of ether oxygens (including phenoxy) is 2. The molecule has 0 saturated heterocycles. The summed E-state index contributed by atoms with van der Waals surface area (Å²) >= 11 is 0. The summed E-state index contributed by atoms with van der Waals surface area (Å²) in [5.41, 5.74) is 1.65. The van der Waals surface area contributed by atoms with E-state index < -0.39 is 0 Å². The Hall–Kier alpha value is -1.59. The molecule has 5 nitrogen and oxygen atoms in total. The van der Waals surface area contributed by atoms with Gasteiger partial charge in [-0.2, -0.15) is 0 Å². The Balaban J connectivity index is 1.81. The average Bonchev–Trinajstić information content (AvgIpc) is 3.19. The van der Waals surface area contributed by atoms with E-state index in [4.69, 9.17) is 14.5 Å². The van der Waals surface area contributed by atoms with Gasteiger partial charge in [0.1, 0.15) is 0 Å². The van der Waals surface area contributed by atoms with Gasteiger partial charge >= 0.3 is 0 Å². The molecule has 0 atom stereocenters. The zero-order valence-electron chi connectivity index (χ0n) is 17.1. The second kappa shape index (κ2) is 12.7. The van der Waals surface area contributed by atoms with Gasteiger partial charge in [0.15, 0.2) is 5.96 Å². The first-order valence-corrected chi connectivity index (χ1v) is 10.4. The van der Waals surface area contributed by atoms with Gasteiger partial charge < -0.3 is 20.1 Å². The van der Waals surface area contributed by atoms with Crippen molar-refractivity contribution in [1.82, 2.24) is 10.6 Å². The number of benzene rings is 1. The Morgan fingerprint density at radius 2 is 1.81 bits per heavy atom. The molecule has 5 heteroatoms. The molecule has 27 heavy (non-hydrogen) atoms. The Kier molecular flexibility index (Phi) is 10.2. The number of nitrogens with zero attached hydrogens (tertiary/aromatic N) is 1. The molecule has 0 amide bonds. The summed E-state index contributed by atoms with van der Waals surface area (Å²) < 4.78 is 10.5. The summed E-state index contributed by atoms with van der Waals surface area (Å²) in [6, 6.07) is 10.9. The zero-order chi connectivity index (χ0) is 19.2. The van der Waals surface area contributed by atoms with Gasteiger partial charge in [-0.15, -0.1) is 0 Å². The van der Waals surface area contributed by atoms with Crippen molar-refractivity contribution in [2.45, 2.75) is 50.9 Å². The normalized spacial score (nSPS) is 16.4. The Morgan fingerprint density at radius 3 is 2.52 bits per heavy atom. The number of hydrogen-bond acceptors (Lipinski definition) is 3. The molecule has 0 spiro atoms. The van der Waals surface area contributed by atoms with E-state index in [9.17, 15) is 0 Å². The van der Waals surface area contributed by atoms with Crippen molar-refractivity contribution in [3.63, 3.8) is 0 Å². The number of aliphatic imine (C=N–C) groups is 1. The molecule has 1 aromatic carbocycles. The molecule has 0 aromatic heterocycles. The minimum atomic E-state index is 0.207. The number of hydrogen-bond donors (Lipinski definition) is 2. The highest BCUT2D eigenvalue weighted by Crippen LogP contribution is 2.41. The van der Waals surface area contributed by atoms with Crippen molar-refractivity contribution in [3.05, 3.63) is 35.9 Å². The van der Waals surface area contributed by atoms with Crippen molar-refractivity contribution >= 4 is 5.96 Å². The van der Waals surface area contributed by atoms with Crippen LogP contribution in [0.5, 0.6) is 0 Å². The number of rotatable bonds is 12. The smallest absolute Gasteiger partial charge is 0.191 e. The fourth-order valence-electron chi connectivity index (χ4n) is 3.73. The maximum Gasteiger partial charge on any atom is 0.191 e. The third kappa shape index (κ3) is 7.51. The van der Waals surface area contributed by atoms with Crippen molar-refractivity contribution in [2.75, 3.05) is 46.6 Å². The van der Waals surface area contributed by atoms with Crippen molar-refractivity contribution in [2.24, 2.45) is 4.99 Å². The number of methoxy groups -OCH3 is 1. The fourth-order valence-corrected chi connectivity index (χ4v) is 3.73. The van der Waals surface area contributed by atoms with E-state index in [1.54, 1.807) is 7.11 Å². The van der Waals surface area contributed by atoms with Gasteiger partial charge in [-0.25, -0.2) is 0 Å². The molecule has 152 valence electrons. The quantitative estimate of drug-likeness (QED) is 0.334. The van der Waals surface area contributed by atoms with E-state index in [-0.39, 0.29) is 5.41 Å². The minimum absolute atomic E-state index is 0.207. The van der Waals surface area contributed by atoms with Crippen molar-refractivity contribution in [3.8, 4) is 0 Å². The van der Waals surface area contributed by atoms with Crippen molar-refractivity contribution in [1.29, 1.82) is 0 Å². The lowest BCUT2D eigenvalue weighted by atomic mass is 9.79. The molecule has 0 heterocycles. The molecular weight excluding hydrogens is 338 g/mol. The Labute approximate surface area is 164 Å². The first-order valence-electron chi connectivity index (χ1n) is 10.4. The minimum Gasteiger partial charge on any atom is -0.382 e. The van der Waals surface area contributed by atoms with Crippen LogP contribution >= 0.6 is 0 Å². The Morgan fingerprint density at radius 1 is 1.04 bits per heavy atom. The molecule has 0 aliphatic heterocycles. The van der Waals surface area contributed by atoms with E-state index in [0.29, 0.717) is 13.2 Å². The van der Waals surface area contributed by atoms with E-state index in [1.807, 2.05) is 0 Å². The molecule has 1 saturated carbocycles. The summed E-state index contributed by atoms with van der Waals surface area (Å²) in [4.78, 5) is 4.95. The maximum atomic E-state index is 5.51. The zero-order valence-corrected chi connectivity index (χ0v) is 17.1. The second-order valence-electron chi connectivity index (χ2n) is 7.29. The third-order valence-electron chi connectivity index (χ3n) is 5.27. The second-order valence-corrected chi connectivity index (χ2v) is 7.29. The van der Waals surface area contributed by atoms with Gasteiger partial charge in [0.05, 0.1) is 19.8 Å². The van der Waals surface area contributed by atoms with Crippen LogP contribution in [0.3, 0.4) is 0 Å². The van der Waals surface area contributed by atoms with E-state index >= 15 is 0 Å². The van der Waals surface area contributed by atoms with Crippen LogP contribution in [0.2, 0.25) is 0 Å². The molecule has 1 aliphatic carbocycles. The highest BCUT2D eigenvalue weighted by molar-refractivity contribution is 5.79. The van der Waals surface area contributed by atoms with Crippen LogP contribution in [0.4, 0.5) is 0 Å². The summed E-state index contributed by atoms with van der Waals surface area (Å²) in [5, 5.41) is 6.86. The van der Waals surface area contributed by atoms with Gasteiger partial charge in [0, 0.05) is 32.2 Å². The van der Waals surface area contributed by atoms with E-state index in [0.717, 1.165) is 45.0 Å². The lowest BCUT2D eigenvalue weighted by Crippen LogP contribution is -2.39. The van der Waals surface area contributed by atoms with Crippen LogP contribution in [-0.2, 0) is 14.9 Å². The van der Waals surface area contributed by atoms with Crippen LogP contribution < -0.4 is 10.6 Å². The number of nitrogens with one attached hydrogen (secondary N) is 2. The summed E-state index contributed by atoms with van der Waals surface area (Å²) in [5.74, 6) is 0.931. The molecule has 1 fully saturated rings.